The number of aryl methyl sites for hydroxylation is 1. The van der Waals surface area contributed by atoms with Crippen LogP contribution in [0.3, 0.4) is 0 Å². The van der Waals surface area contributed by atoms with E-state index in [1.807, 2.05) is 36.4 Å². The van der Waals surface area contributed by atoms with Crippen LogP contribution in [0.15, 0.2) is 47.0 Å². The second kappa shape index (κ2) is 8.11. The summed E-state index contributed by atoms with van der Waals surface area (Å²) in [5.41, 5.74) is 1.61. The van der Waals surface area contributed by atoms with Crippen molar-refractivity contribution >= 4 is 45.5 Å². The molecule has 3 aromatic rings. The Labute approximate surface area is 160 Å². The van der Waals surface area contributed by atoms with Crippen molar-refractivity contribution < 1.29 is 14.1 Å². The molecule has 0 atom stereocenters. The Kier molecular flexibility index (Phi) is 5.65. The van der Waals surface area contributed by atoms with Crippen LogP contribution in [0.1, 0.15) is 26.6 Å². The molecule has 2 heterocycles. The summed E-state index contributed by atoms with van der Waals surface area (Å²) in [6.45, 7) is 1.79. The minimum atomic E-state index is -0.414. The Bertz CT molecular complexity index is 919. The van der Waals surface area contributed by atoms with Gasteiger partial charge in [0.1, 0.15) is 10.8 Å². The highest BCUT2D eigenvalue weighted by molar-refractivity contribution is 7.80. The number of esters is 1. The Balaban J connectivity index is 1.77. The number of nitrogens with zero attached hydrogens (tertiary/aromatic N) is 1. The summed E-state index contributed by atoms with van der Waals surface area (Å²) < 4.78 is 9.87. The molecule has 6 nitrogen and oxygen atoms in total. The summed E-state index contributed by atoms with van der Waals surface area (Å²) in [7, 11) is 1.36. The summed E-state index contributed by atoms with van der Waals surface area (Å²) in [5, 5.41) is 10.7. The third kappa shape index (κ3) is 4.47. The molecule has 0 aliphatic heterocycles. The molecule has 3 rings (SSSR count). The molecule has 8 heteroatoms. The van der Waals surface area contributed by atoms with Crippen molar-refractivity contribution in [2.75, 3.05) is 17.7 Å². The maximum absolute atomic E-state index is 12.1. The first-order chi connectivity index (χ1) is 12.5. The van der Waals surface area contributed by atoms with Crippen molar-refractivity contribution in [1.29, 1.82) is 0 Å². The molecular weight excluding hydrogens is 370 g/mol. The van der Waals surface area contributed by atoms with Gasteiger partial charge in [0.15, 0.2) is 10.9 Å². The molecule has 0 saturated heterocycles. The highest BCUT2D eigenvalue weighted by atomic mass is 32.1. The van der Waals surface area contributed by atoms with E-state index in [1.165, 1.54) is 18.4 Å². The number of ether oxygens (including phenoxy) is 1. The topological polar surface area (TPSA) is 76.4 Å². The standard InChI is InChI=1S/C18H17N3O3S2/c1-11-8-15(21-24-11)19-18(25)20-16-14(17(22)23-2)10-13(26-16)9-12-6-4-3-5-7-12/h3-8,10H,9H2,1-2H3,(H2,19,20,21,25). The van der Waals surface area contributed by atoms with Crippen LogP contribution in [0, 0.1) is 6.92 Å². The van der Waals surface area contributed by atoms with Gasteiger partial charge in [-0.3, -0.25) is 0 Å². The molecule has 0 fully saturated rings. The van der Waals surface area contributed by atoms with Crippen LogP contribution < -0.4 is 10.6 Å². The van der Waals surface area contributed by atoms with Crippen molar-refractivity contribution in [3.63, 3.8) is 0 Å². The molecule has 2 N–H and O–H groups in total. The van der Waals surface area contributed by atoms with Gasteiger partial charge in [0.05, 0.1) is 12.7 Å². The molecule has 2 aromatic heterocycles. The van der Waals surface area contributed by atoms with Crippen LogP contribution in [0.4, 0.5) is 10.8 Å². The highest BCUT2D eigenvalue weighted by Crippen LogP contribution is 2.30. The number of hydrogen-bond donors (Lipinski definition) is 2. The largest absolute Gasteiger partial charge is 0.465 e. The summed E-state index contributed by atoms with van der Waals surface area (Å²) in [5.74, 6) is 0.760. The monoisotopic (exact) mass is 387 g/mol. The number of thiocarbonyl (C=S) groups is 1. The number of hydrogen-bond acceptors (Lipinski definition) is 6. The molecule has 26 heavy (non-hydrogen) atoms. The van der Waals surface area contributed by atoms with Crippen LogP contribution >= 0.6 is 23.6 Å². The van der Waals surface area contributed by atoms with Crippen molar-refractivity contribution in [3.8, 4) is 0 Å². The molecule has 1 aromatic carbocycles. The average Bonchev–Trinajstić information content (AvgIpc) is 3.21. The van der Waals surface area contributed by atoms with E-state index in [-0.39, 0.29) is 0 Å². The van der Waals surface area contributed by atoms with Crippen molar-refractivity contribution in [1.82, 2.24) is 5.16 Å². The van der Waals surface area contributed by atoms with E-state index < -0.39 is 5.97 Å². The number of aromatic nitrogens is 1. The zero-order chi connectivity index (χ0) is 18.5. The van der Waals surface area contributed by atoms with Gasteiger partial charge >= 0.3 is 5.97 Å². The van der Waals surface area contributed by atoms with E-state index in [1.54, 1.807) is 13.0 Å². The number of methoxy groups -OCH3 is 1. The number of benzene rings is 1. The van der Waals surface area contributed by atoms with Gasteiger partial charge in [-0.2, -0.15) is 0 Å². The molecule has 0 bridgehead atoms. The van der Waals surface area contributed by atoms with Gasteiger partial charge in [-0.05, 0) is 30.8 Å². The van der Waals surface area contributed by atoms with Crippen LogP contribution in [-0.2, 0) is 11.2 Å². The molecule has 0 saturated carbocycles. The molecule has 134 valence electrons. The fourth-order valence-corrected chi connectivity index (χ4v) is 3.71. The van der Waals surface area contributed by atoms with Crippen molar-refractivity contribution in [3.05, 3.63) is 64.2 Å². The van der Waals surface area contributed by atoms with Crippen molar-refractivity contribution in [2.45, 2.75) is 13.3 Å². The lowest BCUT2D eigenvalue weighted by molar-refractivity contribution is 0.0602. The van der Waals surface area contributed by atoms with Gasteiger partial charge in [-0.25, -0.2) is 4.79 Å². The van der Waals surface area contributed by atoms with Crippen molar-refractivity contribution in [2.24, 2.45) is 0 Å². The minimum absolute atomic E-state index is 0.316. The smallest absolute Gasteiger partial charge is 0.340 e. The lowest BCUT2D eigenvalue weighted by Gasteiger charge is -2.07. The van der Waals surface area contributed by atoms with Crippen LogP contribution in [-0.4, -0.2) is 23.3 Å². The first-order valence-corrected chi connectivity index (χ1v) is 9.04. The van der Waals surface area contributed by atoms with Gasteiger partial charge in [-0.1, -0.05) is 35.5 Å². The maximum atomic E-state index is 12.1. The van der Waals surface area contributed by atoms with E-state index in [0.29, 0.717) is 27.3 Å². The third-order valence-corrected chi connectivity index (χ3v) is 4.76. The van der Waals surface area contributed by atoms with E-state index in [9.17, 15) is 4.79 Å². The number of thiophene rings is 1. The molecule has 0 amide bonds. The Morgan fingerprint density at radius 1 is 1.27 bits per heavy atom. The van der Waals surface area contributed by atoms with Crippen LogP contribution in [0.2, 0.25) is 0 Å². The summed E-state index contributed by atoms with van der Waals surface area (Å²) in [6, 6.07) is 13.6. The molecule has 0 spiro atoms. The quantitative estimate of drug-likeness (QED) is 0.501. The molecular formula is C18H17N3O3S2. The number of rotatable bonds is 5. The predicted octanol–water partition coefficient (Wildman–Crippen LogP) is 4.23. The average molecular weight is 387 g/mol. The van der Waals surface area contributed by atoms with E-state index >= 15 is 0 Å². The summed E-state index contributed by atoms with van der Waals surface area (Å²) in [4.78, 5) is 13.1. The van der Waals surface area contributed by atoms with E-state index in [4.69, 9.17) is 21.5 Å². The first kappa shape index (κ1) is 18.1. The Hall–Kier alpha value is -2.71. The summed E-state index contributed by atoms with van der Waals surface area (Å²) >= 11 is 6.76. The fourth-order valence-electron chi connectivity index (χ4n) is 2.36. The van der Waals surface area contributed by atoms with E-state index in [0.717, 1.165) is 16.9 Å². The lowest BCUT2D eigenvalue weighted by Crippen LogP contribution is -2.20. The predicted molar refractivity (Wildman–Crippen MR) is 106 cm³/mol. The van der Waals surface area contributed by atoms with E-state index in [2.05, 4.69) is 15.8 Å². The number of nitrogens with one attached hydrogen (secondary N) is 2. The first-order valence-electron chi connectivity index (χ1n) is 7.81. The maximum Gasteiger partial charge on any atom is 0.340 e. The molecule has 0 aliphatic rings. The number of carbonyl (C=O) groups is 1. The molecule has 0 unspecified atom stereocenters. The van der Waals surface area contributed by atoms with Crippen LogP contribution in [0.5, 0.6) is 0 Å². The highest BCUT2D eigenvalue weighted by Gasteiger charge is 2.18. The Morgan fingerprint density at radius 2 is 2.04 bits per heavy atom. The number of carbonyl (C=O) groups excluding carboxylic acids is 1. The van der Waals surface area contributed by atoms with Crippen LogP contribution in [0.25, 0.3) is 0 Å². The lowest BCUT2D eigenvalue weighted by atomic mass is 10.1. The Morgan fingerprint density at radius 3 is 2.69 bits per heavy atom. The molecule has 0 aliphatic carbocycles. The van der Waals surface area contributed by atoms with Gasteiger partial charge in [0, 0.05) is 17.4 Å². The number of anilines is 2. The van der Waals surface area contributed by atoms with Gasteiger partial charge in [0.25, 0.3) is 0 Å². The summed E-state index contributed by atoms with van der Waals surface area (Å²) in [6.07, 6.45) is 0.722. The van der Waals surface area contributed by atoms with Gasteiger partial charge in [0.2, 0.25) is 0 Å². The normalized spacial score (nSPS) is 10.4. The fraction of sp³-hybridized carbons (Fsp3) is 0.167. The minimum Gasteiger partial charge on any atom is -0.465 e. The molecule has 0 radical (unpaired) electrons. The van der Waals surface area contributed by atoms with Gasteiger partial charge < -0.3 is 19.9 Å². The zero-order valence-corrected chi connectivity index (χ0v) is 15.9. The second-order valence-corrected chi connectivity index (χ2v) is 7.06. The zero-order valence-electron chi connectivity index (χ0n) is 14.2. The second-order valence-electron chi connectivity index (χ2n) is 5.51. The SMILES string of the molecule is COC(=O)c1cc(Cc2ccccc2)sc1NC(=S)Nc1cc(C)on1. The van der Waals surface area contributed by atoms with Gasteiger partial charge in [-0.15, -0.1) is 11.3 Å². The third-order valence-electron chi connectivity index (χ3n) is 3.51.